The number of carboxylic acid groups (broad SMARTS) is 2. The molecule has 149 heavy (non-hydrogen) atoms. The van der Waals surface area contributed by atoms with Gasteiger partial charge in [0.1, 0.15) is 114 Å². The molecule has 36 N–H and O–H groups in total. The van der Waals surface area contributed by atoms with E-state index in [-0.39, 0.29) is 74.4 Å². The summed E-state index contributed by atoms with van der Waals surface area (Å²) < 4.78 is 0. The summed E-state index contributed by atoms with van der Waals surface area (Å²) in [6.07, 6.45) is -6.51. The molecule has 3 aromatic rings. The summed E-state index contributed by atoms with van der Waals surface area (Å²) >= 11 is 3.96. The molecule has 1 fully saturated rings. The second-order valence-corrected chi connectivity index (χ2v) is 36.1. The smallest absolute Gasteiger partial charge is 0.327 e. The number of carbonyl (C=O) groups excluding carboxylic acids is 22. The number of carbonyl (C=O) groups is 24. The molecule has 56 heteroatoms. The van der Waals surface area contributed by atoms with Gasteiger partial charge in [-0.25, -0.2) is 4.79 Å². The fourth-order valence-corrected chi connectivity index (χ4v) is 15.0. The number of hydrogen-bond acceptors (Lipinski definition) is 30. The Labute approximate surface area is 861 Å². The maximum atomic E-state index is 14.8. The lowest BCUT2D eigenvalue weighted by atomic mass is 9.96. The van der Waals surface area contributed by atoms with Crippen LogP contribution < -0.4 is 130 Å². The van der Waals surface area contributed by atoms with E-state index >= 15 is 0 Å². The molecule has 1 saturated heterocycles. The van der Waals surface area contributed by atoms with Crippen molar-refractivity contribution in [1.29, 1.82) is 5.41 Å². The maximum absolute atomic E-state index is 14.8. The van der Waals surface area contributed by atoms with Crippen LogP contribution in [0.1, 0.15) is 162 Å². The highest BCUT2D eigenvalue weighted by Crippen LogP contribution is 2.24. The number of aliphatic hydroxyl groups is 1. The number of thiol groups is 1. The number of guanidine groups is 1. The van der Waals surface area contributed by atoms with Crippen LogP contribution in [-0.2, 0) is 134 Å². The first-order chi connectivity index (χ1) is 70.1. The van der Waals surface area contributed by atoms with E-state index in [9.17, 15) is 141 Å². The Morgan fingerprint density at radius 3 is 1.20 bits per heavy atom. The lowest BCUT2D eigenvalue weighted by molar-refractivity contribution is -0.143. The van der Waals surface area contributed by atoms with Crippen molar-refractivity contribution < 1.29 is 141 Å². The van der Waals surface area contributed by atoms with E-state index in [1.807, 2.05) is 0 Å². The summed E-state index contributed by atoms with van der Waals surface area (Å²) in [4.78, 5) is 328. The number of nitrogens with two attached hydrogens (primary N) is 6. The van der Waals surface area contributed by atoms with E-state index in [1.165, 1.54) is 74.2 Å². The van der Waals surface area contributed by atoms with Crippen molar-refractivity contribution in [2.75, 3.05) is 32.0 Å². The molecular weight excluding hydrogens is 1980 g/mol. The molecule has 22 amide bonds. The Kier molecular flexibility index (Phi) is 52.9. The molecule has 1 aliphatic rings. The number of likely N-dealkylation sites (tertiary alicyclic amines) is 1. The highest BCUT2D eigenvalue weighted by Gasteiger charge is 2.44. The molecule has 0 aromatic heterocycles. The van der Waals surface area contributed by atoms with E-state index in [0.717, 1.165) is 13.8 Å². The number of carboxylic acids is 2. The number of aliphatic carboxylic acids is 2. The number of amides is 22. The van der Waals surface area contributed by atoms with Crippen molar-refractivity contribution in [2.45, 2.75) is 273 Å². The minimum absolute atomic E-state index is 0.0155. The molecular formula is C93H138N26O29S. The van der Waals surface area contributed by atoms with E-state index in [0.29, 0.717) is 17.5 Å². The highest BCUT2D eigenvalue weighted by molar-refractivity contribution is 7.80. The fraction of sp³-hybridized carbons (Fsp3) is 0.538. The third-order valence-electron chi connectivity index (χ3n) is 23.7. The van der Waals surface area contributed by atoms with Gasteiger partial charge in [0.25, 0.3) is 0 Å². The molecule has 0 bridgehead atoms. The summed E-state index contributed by atoms with van der Waals surface area (Å²) in [6.45, 7) is 8.69. The first kappa shape index (κ1) is 125. The second-order valence-electron chi connectivity index (χ2n) is 35.8. The number of primary amides is 4. The van der Waals surface area contributed by atoms with Gasteiger partial charge in [-0.3, -0.25) is 116 Å². The summed E-state index contributed by atoms with van der Waals surface area (Å²) in [5, 5.41) is 101. The molecule has 3 aromatic carbocycles. The van der Waals surface area contributed by atoms with E-state index in [2.05, 4.69) is 108 Å². The Hall–Kier alpha value is -15.9. The molecule has 20 atom stereocenters. The van der Waals surface area contributed by atoms with Crippen LogP contribution in [0.2, 0.25) is 0 Å². The average molecular weight is 2120 g/mol. The van der Waals surface area contributed by atoms with Gasteiger partial charge < -0.3 is 161 Å². The largest absolute Gasteiger partial charge is 0.508 e. The number of aliphatic hydroxyl groups excluding tert-OH is 1. The molecule has 4 rings (SSSR count). The zero-order valence-electron chi connectivity index (χ0n) is 83.5. The van der Waals surface area contributed by atoms with Gasteiger partial charge in [-0.1, -0.05) is 95.1 Å². The summed E-state index contributed by atoms with van der Waals surface area (Å²) in [5.74, 6) is -29.7. The van der Waals surface area contributed by atoms with Gasteiger partial charge in [0.15, 0.2) is 5.96 Å². The lowest BCUT2D eigenvalue weighted by Crippen LogP contribution is -2.62. The third kappa shape index (κ3) is 44.1. The average Bonchev–Trinajstić information content (AvgIpc) is 1.73. The van der Waals surface area contributed by atoms with Crippen molar-refractivity contribution >= 4 is 160 Å². The third-order valence-corrected chi connectivity index (χ3v) is 24.0. The number of benzene rings is 3. The predicted octanol–water partition coefficient (Wildman–Crippen LogP) is -10.1. The number of phenolic OH excluding ortho intramolecular Hbond substituents is 2. The zero-order valence-corrected chi connectivity index (χ0v) is 84.4. The Morgan fingerprint density at radius 2 is 0.758 bits per heavy atom. The van der Waals surface area contributed by atoms with E-state index < -0.39 is 346 Å². The van der Waals surface area contributed by atoms with Gasteiger partial charge in [-0.2, -0.15) is 12.6 Å². The van der Waals surface area contributed by atoms with Gasteiger partial charge in [0, 0.05) is 57.4 Å². The molecule has 0 radical (unpaired) electrons. The van der Waals surface area contributed by atoms with Crippen molar-refractivity contribution in [3.63, 3.8) is 0 Å². The van der Waals surface area contributed by atoms with Gasteiger partial charge in [0.2, 0.25) is 130 Å². The van der Waals surface area contributed by atoms with Crippen LogP contribution in [0.25, 0.3) is 0 Å². The number of rotatable bonds is 65. The van der Waals surface area contributed by atoms with Crippen molar-refractivity contribution in [2.24, 2.45) is 46.2 Å². The van der Waals surface area contributed by atoms with Gasteiger partial charge in [-0.05, 0) is 125 Å². The Bertz CT molecular complexity index is 5240. The Morgan fingerprint density at radius 1 is 0.396 bits per heavy atom. The molecule has 0 spiro atoms. The maximum Gasteiger partial charge on any atom is 0.327 e. The van der Waals surface area contributed by atoms with Crippen LogP contribution >= 0.6 is 12.6 Å². The fourth-order valence-electron chi connectivity index (χ4n) is 14.7. The molecule has 55 nitrogen and oxygen atoms in total. The standard InChI is InChI=1S/C93H138N26O29S/c1-9-44(3)73(90(145)109-58(29-32-68(96)124)82(137)114-63(40-70(98)126)84(139)105-49(8)78(133)112-62(39-69(97)125)83(138)104-47(6)76(131)103-48(7)77(132)111-59(36-50-16-12-11-13-17-50)86(141)116-65(43-149)92(147)148)117-88(143)64(42-120)115-85(140)60(37-51-20-24-53(121)25-21-51)113-80(135)55(18-14-34-101-93(99)100)107-81(136)57(28-31-67(95)123)106-71(127)41-102-79(134)56(30-33-72(128)129)108-89(144)66-19-15-35-119(66)91(146)74(45(4)10-2)118-87(142)61(110-75(130)46(5)94)38-52-22-26-54(122)27-23-52/h11-13,16-17,20-27,44-49,55-66,73-74,120-122,149H,9-10,14-15,18-19,28-43,94H2,1-8H3,(H2,95,123)(H2,96,124)(H2,97,125)(H2,98,126)(H,102,134)(H,103,131)(H,104,138)(H,105,139)(H,106,127)(H,107,136)(H,108,144)(H,109,145)(H,110,130)(H,111,132)(H,112,133)(H,113,135)(H,114,137)(H,115,140)(H,116,141)(H,117,143)(H,118,142)(H,128,129)(H,147,148)(H4,99,100,101)/t44-,45-,46-,47-,48-,49-,55-,56-,57-,58-,59-,60-,61-,62-,63-,64-,65-,66-,73-,74-/m0/s1. The van der Waals surface area contributed by atoms with Gasteiger partial charge in [0.05, 0.1) is 32.0 Å². The van der Waals surface area contributed by atoms with Crippen molar-refractivity contribution in [3.05, 3.63) is 95.6 Å². The molecule has 0 saturated carbocycles. The van der Waals surface area contributed by atoms with Crippen LogP contribution in [0.4, 0.5) is 0 Å². The topological polar surface area (TPSA) is 911 Å². The highest BCUT2D eigenvalue weighted by atomic mass is 32.1. The van der Waals surface area contributed by atoms with Crippen LogP contribution in [0.15, 0.2) is 78.9 Å². The number of nitrogens with zero attached hydrogens (tertiary/aromatic N) is 1. The lowest BCUT2D eigenvalue weighted by Gasteiger charge is -2.33. The molecule has 1 heterocycles. The molecule has 0 aliphatic carbocycles. The molecule has 0 unspecified atom stereocenters. The number of aromatic hydroxyl groups is 2. The second kappa shape index (κ2) is 62.8. The molecule has 1 aliphatic heterocycles. The summed E-state index contributed by atoms with van der Waals surface area (Å²) in [5.41, 5.74) is 34.5. The number of nitrogens with one attached hydrogen (secondary N) is 19. The first-order valence-corrected chi connectivity index (χ1v) is 48.4. The molecule has 820 valence electrons. The van der Waals surface area contributed by atoms with Crippen LogP contribution in [0.3, 0.4) is 0 Å². The van der Waals surface area contributed by atoms with Crippen LogP contribution in [0.5, 0.6) is 11.5 Å². The van der Waals surface area contributed by atoms with Crippen LogP contribution in [0, 0.1) is 17.2 Å². The van der Waals surface area contributed by atoms with E-state index in [1.54, 1.807) is 51.1 Å². The quantitative estimate of drug-likeness (QED) is 0.0108. The SMILES string of the molecule is CC[C@H](C)[C@H](NC(=O)[C@H](CO)NC(=O)[C@H](Cc1ccc(O)cc1)NC(=O)[C@H](CCCNC(=N)N)NC(=O)[C@H](CCC(N)=O)NC(=O)CNC(=O)[C@H](CCC(=O)O)NC(=O)[C@@H]1CCCN1C(=O)[C@@H](NC(=O)[C@H](Cc1ccc(O)cc1)NC(=O)[C@H](C)N)[C@@H](C)CC)C(=O)N[C@@H](CCC(N)=O)C(=O)N[C@@H](CC(N)=O)C(=O)N[C@@H](C)C(=O)N[C@@H](CC(N)=O)C(=O)N[C@@H](C)C(=O)N[C@@H](C)C(=O)N[C@@H](Cc1ccccc1)C(=O)N[C@@H](CS)C(=O)O. The minimum atomic E-state index is -2.05. The Balaban J connectivity index is 1.55. The normalized spacial score (nSPS) is 15.8. The monoisotopic (exact) mass is 2110 g/mol. The summed E-state index contributed by atoms with van der Waals surface area (Å²) in [6, 6.07) is -10.3. The van der Waals surface area contributed by atoms with Crippen molar-refractivity contribution in [1.82, 2.24) is 101 Å². The van der Waals surface area contributed by atoms with Crippen molar-refractivity contribution in [3.8, 4) is 11.5 Å². The number of hydrogen-bond donors (Lipinski definition) is 31. The first-order valence-electron chi connectivity index (χ1n) is 47.8. The predicted molar refractivity (Wildman–Crippen MR) is 531 cm³/mol. The van der Waals surface area contributed by atoms with E-state index in [4.69, 9.17) is 39.8 Å². The summed E-state index contributed by atoms with van der Waals surface area (Å²) in [7, 11) is 0. The van der Waals surface area contributed by atoms with Crippen LogP contribution in [-0.4, -0.2) is 319 Å². The van der Waals surface area contributed by atoms with Gasteiger partial charge in [-0.15, -0.1) is 0 Å². The van der Waals surface area contributed by atoms with Gasteiger partial charge >= 0.3 is 11.9 Å². The number of phenols is 2. The minimum Gasteiger partial charge on any atom is -0.508 e. The zero-order chi connectivity index (χ0) is 112.